The third-order valence-corrected chi connectivity index (χ3v) is 13.1. The first kappa shape index (κ1) is 18.1. The maximum atomic E-state index is 4.07. The van der Waals surface area contributed by atoms with E-state index in [1.54, 1.807) is 0 Å². The number of nitrogens with zero attached hydrogens (tertiary/aromatic N) is 1. The molecule has 0 rings (SSSR count). The van der Waals surface area contributed by atoms with E-state index in [9.17, 15) is 0 Å². The van der Waals surface area contributed by atoms with Crippen LogP contribution in [-0.4, -0.2) is 33.1 Å². The molecule has 0 aromatic carbocycles. The molecule has 0 aromatic heterocycles. The Balaban J connectivity index is 5.32. The first-order valence-corrected chi connectivity index (χ1v) is 13.5. The van der Waals surface area contributed by atoms with E-state index in [1.807, 2.05) is 0 Å². The highest BCUT2D eigenvalue weighted by Gasteiger charge is 2.43. The van der Waals surface area contributed by atoms with Gasteiger partial charge in [0.2, 0.25) is 0 Å². The summed E-state index contributed by atoms with van der Waals surface area (Å²) in [5.41, 5.74) is 2.25. The molecule has 1 atom stereocenters. The van der Waals surface area contributed by atoms with Crippen LogP contribution in [0.25, 0.3) is 0 Å². The van der Waals surface area contributed by atoms with Gasteiger partial charge in [-0.3, -0.25) is 0 Å². The Bertz CT molecular complexity index is 277. The Morgan fingerprint density at radius 2 is 1.61 bits per heavy atom. The Kier molecular flexibility index (Phi) is 6.10. The molecule has 0 radical (unpaired) electrons. The van der Waals surface area contributed by atoms with Gasteiger partial charge in [0.15, 0.2) is 0 Å². The largest absolute Gasteiger partial charge is 0.323 e. The van der Waals surface area contributed by atoms with Crippen molar-refractivity contribution in [3.8, 4) is 0 Å². The van der Waals surface area contributed by atoms with Gasteiger partial charge in [-0.1, -0.05) is 60.8 Å². The predicted molar refractivity (Wildman–Crippen MR) is 91.3 cm³/mol. The summed E-state index contributed by atoms with van der Waals surface area (Å²) in [5.74, 6) is 0. The van der Waals surface area contributed by atoms with Gasteiger partial charge < -0.3 is 4.57 Å². The Labute approximate surface area is 118 Å². The minimum Gasteiger partial charge on any atom is -0.323 e. The van der Waals surface area contributed by atoms with Crippen molar-refractivity contribution in [2.75, 3.05) is 6.17 Å². The topological polar surface area (TPSA) is 3.24 Å². The lowest BCUT2D eigenvalue weighted by molar-refractivity contribution is 0.345. The van der Waals surface area contributed by atoms with Crippen molar-refractivity contribution in [1.82, 2.24) is 4.57 Å². The van der Waals surface area contributed by atoms with Crippen LogP contribution >= 0.6 is 0 Å². The summed E-state index contributed by atoms with van der Waals surface area (Å²) in [5, 5.41) is 0.419. The van der Waals surface area contributed by atoms with Crippen molar-refractivity contribution in [2.45, 2.75) is 78.3 Å². The second-order valence-corrected chi connectivity index (χ2v) is 17.8. The second kappa shape index (κ2) is 6.06. The van der Waals surface area contributed by atoms with E-state index in [0.717, 1.165) is 0 Å². The maximum Gasteiger partial charge on any atom is 0.127 e. The smallest absolute Gasteiger partial charge is 0.127 e. The number of hydrogen-bond donors (Lipinski definition) is 0. The summed E-state index contributed by atoms with van der Waals surface area (Å²) < 4.78 is 2.86. The van der Waals surface area contributed by atoms with Crippen LogP contribution in [0.5, 0.6) is 0 Å². The molecule has 3 heteroatoms. The quantitative estimate of drug-likeness (QED) is 0.616. The summed E-state index contributed by atoms with van der Waals surface area (Å²) >= 11 is 0. The summed E-state index contributed by atoms with van der Waals surface area (Å²) in [6.07, 6.45) is 2.51. The summed E-state index contributed by atoms with van der Waals surface area (Å²) in [6, 6.07) is 0.692. The highest BCUT2D eigenvalue weighted by Crippen LogP contribution is 2.40. The van der Waals surface area contributed by atoms with Gasteiger partial charge in [-0.2, -0.15) is 0 Å². The van der Waals surface area contributed by atoms with Crippen LogP contribution in [0.3, 0.4) is 0 Å². The van der Waals surface area contributed by atoms with Crippen LogP contribution in [0, 0.1) is 0 Å². The van der Waals surface area contributed by atoms with Gasteiger partial charge in [0.25, 0.3) is 0 Å². The average molecular weight is 286 g/mol. The van der Waals surface area contributed by atoms with Crippen LogP contribution < -0.4 is 0 Å². The summed E-state index contributed by atoms with van der Waals surface area (Å²) in [6.45, 7) is 26.0. The fourth-order valence-corrected chi connectivity index (χ4v) is 8.33. The van der Waals surface area contributed by atoms with Gasteiger partial charge in [0.1, 0.15) is 8.24 Å². The van der Waals surface area contributed by atoms with E-state index in [-0.39, 0.29) is 0 Å². The molecule has 0 bridgehead atoms. The Hall–Kier alpha value is 0.134. The van der Waals surface area contributed by atoms with Crippen molar-refractivity contribution >= 4 is 16.3 Å². The third kappa shape index (κ3) is 4.35. The molecule has 0 fully saturated rings. The SMILES string of the molecule is C=C[Si](C)(C)CN(C(C)CC)[Si](C)(C)C(C)(C)C. The van der Waals surface area contributed by atoms with Crippen LogP contribution in [0.2, 0.25) is 31.2 Å². The van der Waals surface area contributed by atoms with Crippen molar-refractivity contribution in [3.63, 3.8) is 0 Å². The van der Waals surface area contributed by atoms with E-state index in [4.69, 9.17) is 0 Å². The van der Waals surface area contributed by atoms with Crippen molar-refractivity contribution in [3.05, 3.63) is 12.3 Å². The van der Waals surface area contributed by atoms with Crippen molar-refractivity contribution in [1.29, 1.82) is 0 Å². The first-order chi connectivity index (χ1) is 7.89. The molecule has 18 heavy (non-hydrogen) atoms. The monoisotopic (exact) mass is 285 g/mol. The molecule has 0 spiro atoms. The van der Waals surface area contributed by atoms with Gasteiger partial charge in [-0.15, -0.1) is 12.3 Å². The molecule has 108 valence electrons. The molecule has 0 N–H and O–H groups in total. The fourth-order valence-electron chi connectivity index (χ4n) is 2.06. The molecule has 1 unspecified atom stereocenters. The van der Waals surface area contributed by atoms with Crippen LogP contribution in [0.15, 0.2) is 12.3 Å². The molecule has 0 saturated heterocycles. The zero-order chi connectivity index (χ0) is 14.8. The summed E-state index contributed by atoms with van der Waals surface area (Å²) in [4.78, 5) is 0. The molecule has 0 aromatic rings. The third-order valence-electron chi connectivity index (χ3n) is 4.81. The van der Waals surface area contributed by atoms with E-state index >= 15 is 0 Å². The highest BCUT2D eigenvalue weighted by atomic mass is 28.3. The van der Waals surface area contributed by atoms with Crippen molar-refractivity contribution in [2.24, 2.45) is 0 Å². The normalized spacial score (nSPS) is 15.9. The standard InChI is InChI=1S/C15H35NSi2/c1-11-14(3)16(13-17(7,8)12-2)18(9,10)15(4,5)6/h12,14H,2,11,13H2,1,3-10H3. The van der Waals surface area contributed by atoms with Gasteiger partial charge >= 0.3 is 0 Å². The Morgan fingerprint density at radius 3 is 1.89 bits per heavy atom. The average Bonchev–Trinajstić information content (AvgIpc) is 2.23. The minimum absolute atomic E-state index is 0.419. The second-order valence-electron chi connectivity index (χ2n) is 7.89. The van der Waals surface area contributed by atoms with Gasteiger partial charge in [-0.05, 0) is 23.7 Å². The fraction of sp³-hybridized carbons (Fsp3) is 0.867. The van der Waals surface area contributed by atoms with Crippen molar-refractivity contribution < 1.29 is 0 Å². The molecule has 1 nitrogen and oxygen atoms in total. The van der Waals surface area contributed by atoms with Crippen LogP contribution in [0.1, 0.15) is 41.0 Å². The van der Waals surface area contributed by atoms with E-state index in [2.05, 4.69) is 77.7 Å². The van der Waals surface area contributed by atoms with Gasteiger partial charge in [-0.25, -0.2) is 0 Å². The maximum absolute atomic E-state index is 4.07. The molecule has 0 saturated carbocycles. The molecule has 0 aliphatic carbocycles. The lowest BCUT2D eigenvalue weighted by Crippen LogP contribution is -2.62. The Morgan fingerprint density at radius 1 is 1.17 bits per heavy atom. The van der Waals surface area contributed by atoms with Crippen LogP contribution in [-0.2, 0) is 0 Å². The zero-order valence-corrected chi connectivity index (χ0v) is 16.2. The van der Waals surface area contributed by atoms with E-state index in [0.29, 0.717) is 11.1 Å². The molecule has 0 aliphatic heterocycles. The lowest BCUT2D eigenvalue weighted by atomic mass is 10.2. The van der Waals surface area contributed by atoms with Gasteiger partial charge in [0.05, 0.1) is 8.07 Å². The molecule has 0 amide bonds. The molecular weight excluding hydrogens is 250 g/mol. The first-order valence-electron chi connectivity index (χ1n) is 7.29. The summed E-state index contributed by atoms with van der Waals surface area (Å²) in [7, 11) is -2.71. The van der Waals surface area contributed by atoms with E-state index < -0.39 is 16.3 Å². The number of rotatable bonds is 6. The molecule has 0 heterocycles. The zero-order valence-electron chi connectivity index (χ0n) is 14.2. The lowest BCUT2D eigenvalue weighted by Gasteiger charge is -2.50. The van der Waals surface area contributed by atoms with Crippen LogP contribution in [0.4, 0.5) is 0 Å². The predicted octanol–water partition coefficient (Wildman–Crippen LogP) is 5.06. The molecular formula is C15H35NSi2. The van der Waals surface area contributed by atoms with E-state index in [1.165, 1.54) is 12.6 Å². The minimum atomic E-state index is -1.42. The highest BCUT2D eigenvalue weighted by molar-refractivity contribution is 6.85. The number of hydrogen-bond acceptors (Lipinski definition) is 1. The van der Waals surface area contributed by atoms with Gasteiger partial charge in [0, 0.05) is 0 Å². The molecule has 0 aliphatic rings.